The number of non-ortho nitro benzene ring substituents is 1. The average Bonchev–Trinajstić information content (AvgIpc) is 3.61. The van der Waals surface area contributed by atoms with Crippen LogP contribution in [-0.4, -0.2) is 58.3 Å². The van der Waals surface area contributed by atoms with Gasteiger partial charge in [-0.25, -0.2) is 9.97 Å². The number of fused-ring (bicyclic) bond motifs is 6. The van der Waals surface area contributed by atoms with Crippen LogP contribution in [0.2, 0.25) is 0 Å². The lowest BCUT2D eigenvalue weighted by Crippen LogP contribution is -2.21. The van der Waals surface area contributed by atoms with E-state index in [0.29, 0.717) is 34.0 Å². The SMILES string of the molecule is CC(C)c1nc2c([nH]1)C(=O)C(=O)c1cc([N+](=O)[O-])ccc1-2.CC(C)c1nc2c([nH]1)C(=O)C(=O)c1ccccc1-2.O=[N+]([O-])O. The van der Waals surface area contributed by atoms with Gasteiger partial charge in [-0.15, -0.1) is 10.1 Å². The molecule has 15 nitrogen and oxygen atoms in total. The van der Waals surface area contributed by atoms with E-state index in [4.69, 9.17) is 15.3 Å². The molecule has 2 aromatic carbocycles. The van der Waals surface area contributed by atoms with Gasteiger partial charge >= 0.3 is 0 Å². The Morgan fingerprint density at radius 3 is 1.53 bits per heavy atom. The molecule has 6 rings (SSSR count). The maximum absolute atomic E-state index is 12.1. The van der Waals surface area contributed by atoms with E-state index in [1.165, 1.54) is 12.1 Å². The molecule has 0 spiro atoms. The van der Waals surface area contributed by atoms with E-state index >= 15 is 0 Å². The van der Waals surface area contributed by atoms with Crippen LogP contribution >= 0.6 is 0 Å². The monoisotopic (exact) mass is 588 g/mol. The zero-order chi connectivity index (χ0) is 31.7. The van der Waals surface area contributed by atoms with Crippen molar-refractivity contribution in [2.45, 2.75) is 39.5 Å². The molecule has 0 bridgehead atoms. The number of rotatable bonds is 3. The molecule has 3 N–H and O–H groups in total. The number of nitro groups is 1. The van der Waals surface area contributed by atoms with E-state index in [1.54, 1.807) is 12.1 Å². The lowest BCUT2D eigenvalue weighted by Gasteiger charge is -2.12. The van der Waals surface area contributed by atoms with Crippen LogP contribution in [0.25, 0.3) is 22.5 Å². The van der Waals surface area contributed by atoms with Gasteiger partial charge < -0.3 is 15.2 Å². The summed E-state index contributed by atoms with van der Waals surface area (Å²) in [6.07, 6.45) is 0. The van der Waals surface area contributed by atoms with Gasteiger partial charge in [0.15, 0.2) is 0 Å². The summed E-state index contributed by atoms with van der Waals surface area (Å²) in [5.41, 5.74) is 2.89. The van der Waals surface area contributed by atoms with Crippen LogP contribution in [0.15, 0.2) is 42.5 Å². The minimum Gasteiger partial charge on any atom is -0.338 e. The number of imidazole rings is 2. The summed E-state index contributed by atoms with van der Waals surface area (Å²) < 4.78 is 0. The van der Waals surface area contributed by atoms with Crippen LogP contribution in [0.1, 0.15) is 92.9 Å². The molecule has 0 aliphatic heterocycles. The number of benzene rings is 2. The first-order chi connectivity index (χ1) is 20.2. The van der Waals surface area contributed by atoms with Crippen molar-refractivity contribution in [3.05, 3.63) is 96.9 Å². The summed E-state index contributed by atoms with van der Waals surface area (Å²) in [7, 11) is 0. The Morgan fingerprint density at radius 1 is 0.674 bits per heavy atom. The number of nitrogens with zero attached hydrogens (tertiary/aromatic N) is 4. The molecule has 0 saturated heterocycles. The Kier molecular flexibility index (Phi) is 8.09. The first kappa shape index (κ1) is 30.1. The highest BCUT2D eigenvalue weighted by atomic mass is 16.9. The lowest BCUT2D eigenvalue weighted by atomic mass is 9.90. The topological polar surface area (TPSA) is 232 Å². The standard InChI is InChI=1S/C14H11N3O4.C14H12N2O2.HNO3/c1-6(2)14-15-10-8-4-3-7(17(20)21)5-9(8)12(18)13(19)11(10)16-14;1-7(2)14-15-10-8-5-3-4-6-9(8)12(17)13(18)11(10)16-14;2-1(3)4/h3-6H,1-2H3,(H,15,16);3-7H,1-2H3,(H,15,16);(H,2,3,4). The lowest BCUT2D eigenvalue weighted by molar-refractivity contribution is -0.742. The third-order valence-electron chi connectivity index (χ3n) is 6.55. The Balaban J connectivity index is 0.000000177. The van der Waals surface area contributed by atoms with Crippen LogP contribution in [0.5, 0.6) is 0 Å². The highest BCUT2D eigenvalue weighted by molar-refractivity contribution is 6.53. The number of nitro benzene ring substituents is 1. The van der Waals surface area contributed by atoms with Crippen LogP contribution in [-0.2, 0) is 0 Å². The molecule has 0 fully saturated rings. The number of carbonyl (C=O) groups is 4. The van der Waals surface area contributed by atoms with Crippen LogP contribution < -0.4 is 0 Å². The first-order valence-electron chi connectivity index (χ1n) is 12.8. The average molecular weight is 589 g/mol. The Hall–Kier alpha value is -5.86. The van der Waals surface area contributed by atoms with Crippen molar-refractivity contribution < 1.29 is 34.4 Å². The number of H-pyrrole nitrogens is 2. The number of hydrogen-bond acceptors (Lipinski definition) is 10. The minimum absolute atomic E-state index is 0.0310. The molecule has 0 unspecified atom stereocenters. The van der Waals surface area contributed by atoms with Crippen molar-refractivity contribution in [1.29, 1.82) is 0 Å². The maximum atomic E-state index is 12.1. The van der Waals surface area contributed by atoms with E-state index in [2.05, 4.69) is 19.9 Å². The third-order valence-corrected chi connectivity index (χ3v) is 6.55. The second-order valence-corrected chi connectivity index (χ2v) is 10.1. The molecule has 2 aromatic heterocycles. The fourth-order valence-corrected chi connectivity index (χ4v) is 4.45. The number of carbonyl (C=O) groups excluding carboxylic acids is 4. The quantitative estimate of drug-likeness (QED) is 0.168. The van der Waals surface area contributed by atoms with Gasteiger partial charge in [0, 0.05) is 46.2 Å². The predicted octanol–water partition coefficient (Wildman–Crippen LogP) is 4.72. The van der Waals surface area contributed by atoms with Crippen LogP contribution in [0.3, 0.4) is 0 Å². The van der Waals surface area contributed by atoms with E-state index in [1.807, 2.05) is 39.8 Å². The molecule has 0 atom stereocenters. The fourth-order valence-electron chi connectivity index (χ4n) is 4.45. The zero-order valence-electron chi connectivity index (χ0n) is 23.2. The van der Waals surface area contributed by atoms with E-state index in [9.17, 15) is 29.3 Å². The van der Waals surface area contributed by atoms with Crippen LogP contribution in [0.4, 0.5) is 5.69 Å². The van der Waals surface area contributed by atoms with E-state index < -0.39 is 33.1 Å². The van der Waals surface area contributed by atoms with Crippen molar-refractivity contribution in [2.24, 2.45) is 0 Å². The molecule has 0 saturated carbocycles. The highest BCUT2D eigenvalue weighted by Gasteiger charge is 2.35. The molecule has 2 aliphatic carbocycles. The molecule has 43 heavy (non-hydrogen) atoms. The maximum Gasteiger partial charge on any atom is 0.291 e. The smallest absolute Gasteiger partial charge is 0.291 e. The largest absolute Gasteiger partial charge is 0.338 e. The summed E-state index contributed by atoms with van der Waals surface area (Å²) >= 11 is 0. The summed E-state index contributed by atoms with van der Waals surface area (Å²) in [5.74, 6) is -0.825. The van der Waals surface area contributed by atoms with Gasteiger partial charge in [-0.3, -0.25) is 29.3 Å². The number of aromatic nitrogens is 4. The number of aromatic amines is 2. The molecule has 0 amide bonds. The van der Waals surface area contributed by atoms with Crippen molar-refractivity contribution >= 4 is 28.8 Å². The van der Waals surface area contributed by atoms with Crippen molar-refractivity contribution in [3.8, 4) is 22.5 Å². The molecular formula is C28H24N6O9. The summed E-state index contributed by atoms with van der Waals surface area (Å²) in [6.45, 7) is 7.80. The molecule has 220 valence electrons. The van der Waals surface area contributed by atoms with Crippen molar-refractivity contribution in [3.63, 3.8) is 0 Å². The van der Waals surface area contributed by atoms with Gasteiger partial charge in [0.2, 0.25) is 11.6 Å². The van der Waals surface area contributed by atoms with Gasteiger partial charge in [0.1, 0.15) is 34.4 Å². The van der Waals surface area contributed by atoms with Crippen molar-refractivity contribution in [2.75, 3.05) is 0 Å². The number of hydrogen-bond donors (Lipinski definition) is 3. The summed E-state index contributed by atoms with van der Waals surface area (Å²) in [5, 5.41) is 24.4. The summed E-state index contributed by atoms with van der Waals surface area (Å²) in [4.78, 5) is 81.4. The molecular weight excluding hydrogens is 564 g/mol. The first-order valence-corrected chi connectivity index (χ1v) is 12.8. The second kappa shape index (κ2) is 11.6. The number of nitrogens with one attached hydrogen (secondary N) is 2. The van der Waals surface area contributed by atoms with Gasteiger partial charge in [-0.05, 0) is 6.07 Å². The molecule has 15 heteroatoms. The number of Topliss-reactive ketones (excluding diaryl/α,β-unsaturated/α-hetero) is 4. The Bertz CT molecular complexity index is 1830. The zero-order valence-corrected chi connectivity index (χ0v) is 23.2. The molecule has 2 heterocycles. The molecule has 0 radical (unpaired) electrons. The highest BCUT2D eigenvalue weighted by Crippen LogP contribution is 2.35. The van der Waals surface area contributed by atoms with Gasteiger partial charge in [-0.1, -0.05) is 52.0 Å². The molecule has 2 aliphatic rings. The fraction of sp³-hybridized carbons (Fsp3) is 0.214. The van der Waals surface area contributed by atoms with Gasteiger partial charge in [0.05, 0.1) is 4.92 Å². The van der Waals surface area contributed by atoms with E-state index in [-0.39, 0.29) is 28.8 Å². The third kappa shape index (κ3) is 5.68. The number of ketones is 4. The Labute approximate surface area is 242 Å². The van der Waals surface area contributed by atoms with Gasteiger partial charge in [-0.2, -0.15) is 0 Å². The minimum atomic E-state index is -1.50. The van der Waals surface area contributed by atoms with Crippen molar-refractivity contribution in [1.82, 2.24) is 19.9 Å². The normalized spacial score (nSPS) is 12.8. The Morgan fingerprint density at radius 2 is 1.09 bits per heavy atom. The molecule has 4 aromatic rings. The summed E-state index contributed by atoms with van der Waals surface area (Å²) in [6, 6.07) is 11.0. The van der Waals surface area contributed by atoms with E-state index in [0.717, 1.165) is 17.5 Å². The second-order valence-electron chi connectivity index (χ2n) is 10.1. The van der Waals surface area contributed by atoms with Crippen LogP contribution in [0, 0.1) is 20.2 Å². The predicted molar refractivity (Wildman–Crippen MR) is 149 cm³/mol. The van der Waals surface area contributed by atoms with Gasteiger partial charge in [0.25, 0.3) is 22.3 Å².